The third-order valence-electron chi connectivity index (χ3n) is 3.94. The van der Waals surface area contributed by atoms with Crippen molar-refractivity contribution in [2.24, 2.45) is 0 Å². The maximum atomic E-state index is 12.7. The number of piperidine rings is 1. The van der Waals surface area contributed by atoms with Crippen molar-refractivity contribution >= 4 is 10.0 Å². The average Bonchev–Trinajstić information content (AvgIpc) is 2.46. The molecule has 118 valence electrons. The van der Waals surface area contributed by atoms with Crippen molar-refractivity contribution < 1.29 is 8.42 Å². The fourth-order valence-corrected chi connectivity index (χ4v) is 4.75. The smallest absolute Gasteiger partial charge is 0.216 e. The normalized spacial score (nSPS) is 20.1. The van der Waals surface area contributed by atoms with Gasteiger partial charge in [0.15, 0.2) is 0 Å². The summed E-state index contributed by atoms with van der Waals surface area (Å²) in [5, 5.41) is 3.33. The molecule has 1 aromatic rings. The van der Waals surface area contributed by atoms with Crippen LogP contribution in [0.2, 0.25) is 0 Å². The minimum absolute atomic E-state index is 0.0289. The summed E-state index contributed by atoms with van der Waals surface area (Å²) >= 11 is 0. The van der Waals surface area contributed by atoms with Gasteiger partial charge in [0.25, 0.3) is 0 Å². The topological polar surface area (TPSA) is 49.4 Å². The molecular weight excluding hydrogens is 284 g/mol. The molecule has 21 heavy (non-hydrogen) atoms. The molecule has 0 amide bonds. The van der Waals surface area contributed by atoms with Crippen molar-refractivity contribution in [3.63, 3.8) is 0 Å². The number of hydrogen-bond acceptors (Lipinski definition) is 3. The minimum atomic E-state index is -3.25. The summed E-state index contributed by atoms with van der Waals surface area (Å²) < 4.78 is 27.1. The lowest BCUT2D eigenvalue weighted by atomic mass is 10.1. The van der Waals surface area contributed by atoms with E-state index >= 15 is 0 Å². The van der Waals surface area contributed by atoms with Crippen molar-refractivity contribution in [3.8, 4) is 0 Å². The van der Waals surface area contributed by atoms with Crippen LogP contribution < -0.4 is 5.32 Å². The van der Waals surface area contributed by atoms with E-state index in [2.05, 4.69) is 5.32 Å². The quantitative estimate of drug-likeness (QED) is 0.877. The monoisotopic (exact) mass is 310 g/mol. The van der Waals surface area contributed by atoms with E-state index in [1.165, 1.54) is 0 Å². The van der Waals surface area contributed by atoms with Gasteiger partial charge in [-0.25, -0.2) is 8.42 Å². The lowest BCUT2D eigenvalue weighted by Crippen LogP contribution is -2.45. The predicted octanol–water partition coefficient (Wildman–Crippen LogP) is 2.37. The standard InChI is InChI=1S/C16H26N2O2S/c1-14(2)18(12-15-8-4-3-5-9-15)21(19,20)13-16-10-6-7-11-17-16/h3-5,8-9,14,16-17H,6-7,10-13H2,1-2H3. The summed E-state index contributed by atoms with van der Waals surface area (Å²) in [5.74, 6) is 0.206. The van der Waals surface area contributed by atoms with E-state index < -0.39 is 10.0 Å². The summed E-state index contributed by atoms with van der Waals surface area (Å²) in [6, 6.07) is 9.86. The van der Waals surface area contributed by atoms with Gasteiger partial charge in [0, 0.05) is 18.6 Å². The van der Waals surface area contributed by atoms with Gasteiger partial charge in [-0.15, -0.1) is 0 Å². The van der Waals surface area contributed by atoms with E-state index in [1.54, 1.807) is 4.31 Å². The molecule has 0 aromatic heterocycles. The summed E-state index contributed by atoms with van der Waals surface area (Å²) in [5.41, 5.74) is 1.03. The SMILES string of the molecule is CC(C)N(Cc1ccccc1)S(=O)(=O)CC1CCCCN1. The molecule has 2 rings (SSSR count). The highest BCUT2D eigenvalue weighted by molar-refractivity contribution is 7.89. The zero-order chi connectivity index (χ0) is 15.3. The first-order valence-corrected chi connectivity index (χ1v) is 9.37. The molecule has 0 radical (unpaired) electrons. The number of nitrogens with one attached hydrogen (secondary N) is 1. The first-order valence-electron chi connectivity index (χ1n) is 7.76. The zero-order valence-corrected chi connectivity index (χ0v) is 13.8. The second-order valence-corrected chi connectivity index (χ2v) is 8.02. The highest BCUT2D eigenvalue weighted by Gasteiger charge is 2.29. The first kappa shape index (κ1) is 16.5. The van der Waals surface area contributed by atoms with Crippen molar-refractivity contribution in [3.05, 3.63) is 35.9 Å². The number of nitrogens with zero attached hydrogens (tertiary/aromatic N) is 1. The third-order valence-corrected chi connectivity index (χ3v) is 6.03. The number of rotatable bonds is 6. The molecule has 0 aliphatic carbocycles. The molecule has 1 aliphatic rings. The van der Waals surface area contributed by atoms with Crippen LogP contribution in [-0.4, -0.2) is 37.1 Å². The van der Waals surface area contributed by atoms with Crippen LogP contribution in [0.25, 0.3) is 0 Å². The van der Waals surface area contributed by atoms with Crippen LogP contribution in [0.5, 0.6) is 0 Å². The van der Waals surface area contributed by atoms with Crippen molar-refractivity contribution in [1.82, 2.24) is 9.62 Å². The second-order valence-electron chi connectivity index (χ2n) is 6.05. The Morgan fingerprint density at radius 3 is 2.52 bits per heavy atom. The number of benzene rings is 1. The van der Waals surface area contributed by atoms with E-state index in [1.807, 2.05) is 44.2 Å². The van der Waals surface area contributed by atoms with E-state index in [-0.39, 0.29) is 17.8 Å². The average molecular weight is 310 g/mol. The van der Waals surface area contributed by atoms with Crippen LogP contribution in [-0.2, 0) is 16.6 Å². The molecule has 1 heterocycles. The molecule has 1 saturated heterocycles. The lowest BCUT2D eigenvalue weighted by molar-refractivity contribution is 0.340. The third kappa shape index (κ3) is 4.80. The molecule has 0 bridgehead atoms. The van der Waals surface area contributed by atoms with Gasteiger partial charge in [-0.05, 0) is 38.8 Å². The number of hydrogen-bond donors (Lipinski definition) is 1. The maximum Gasteiger partial charge on any atom is 0.216 e. The molecule has 1 unspecified atom stereocenters. The van der Waals surface area contributed by atoms with E-state index in [0.29, 0.717) is 6.54 Å². The van der Waals surface area contributed by atoms with Crippen LogP contribution in [0.4, 0.5) is 0 Å². The highest BCUT2D eigenvalue weighted by Crippen LogP contribution is 2.17. The van der Waals surface area contributed by atoms with E-state index in [9.17, 15) is 8.42 Å². The summed E-state index contributed by atoms with van der Waals surface area (Å²) in [7, 11) is -3.25. The molecular formula is C16H26N2O2S. The number of sulfonamides is 1. The maximum absolute atomic E-state index is 12.7. The largest absolute Gasteiger partial charge is 0.313 e. The Kier molecular flexibility index (Phi) is 5.79. The van der Waals surface area contributed by atoms with Gasteiger partial charge in [0.05, 0.1) is 5.75 Å². The Labute approximate surface area is 128 Å². The fourth-order valence-electron chi connectivity index (χ4n) is 2.78. The fraction of sp³-hybridized carbons (Fsp3) is 0.625. The lowest BCUT2D eigenvalue weighted by Gasteiger charge is -2.30. The minimum Gasteiger partial charge on any atom is -0.313 e. The molecule has 4 nitrogen and oxygen atoms in total. The molecule has 1 fully saturated rings. The van der Waals surface area contributed by atoms with Gasteiger partial charge in [-0.1, -0.05) is 36.8 Å². The molecule has 1 N–H and O–H groups in total. The first-order chi connectivity index (χ1) is 9.99. The van der Waals surface area contributed by atoms with E-state index in [4.69, 9.17) is 0 Å². The Hall–Kier alpha value is -0.910. The second kappa shape index (κ2) is 7.38. The van der Waals surface area contributed by atoms with Crippen LogP contribution in [0.1, 0.15) is 38.7 Å². The molecule has 1 atom stereocenters. The van der Waals surface area contributed by atoms with Crippen molar-refractivity contribution in [1.29, 1.82) is 0 Å². The zero-order valence-electron chi connectivity index (χ0n) is 13.0. The van der Waals surface area contributed by atoms with Crippen molar-refractivity contribution in [2.45, 2.75) is 51.7 Å². The summed E-state index contributed by atoms with van der Waals surface area (Å²) in [6.07, 6.45) is 3.22. The van der Waals surface area contributed by atoms with Crippen molar-refractivity contribution in [2.75, 3.05) is 12.3 Å². The molecule has 0 spiro atoms. The van der Waals surface area contributed by atoms with Gasteiger partial charge < -0.3 is 5.32 Å². The van der Waals surface area contributed by atoms with Crippen LogP contribution in [0, 0.1) is 0 Å². The molecule has 0 saturated carbocycles. The van der Waals surface area contributed by atoms with Crippen LogP contribution in [0.15, 0.2) is 30.3 Å². The molecule has 5 heteroatoms. The summed E-state index contributed by atoms with van der Waals surface area (Å²) in [6.45, 7) is 5.26. The highest BCUT2D eigenvalue weighted by atomic mass is 32.2. The van der Waals surface area contributed by atoms with Gasteiger partial charge in [-0.2, -0.15) is 4.31 Å². The van der Waals surface area contributed by atoms with Crippen LogP contribution in [0.3, 0.4) is 0 Å². The summed E-state index contributed by atoms with van der Waals surface area (Å²) in [4.78, 5) is 0. The Balaban J connectivity index is 2.08. The van der Waals surface area contributed by atoms with Gasteiger partial charge in [-0.3, -0.25) is 0 Å². The predicted molar refractivity (Wildman–Crippen MR) is 86.5 cm³/mol. The van der Waals surface area contributed by atoms with E-state index in [0.717, 1.165) is 31.4 Å². The Morgan fingerprint density at radius 2 is 1.95 bits per heavy atom. The van der Waals surface area contributed by atoms with Crippen LogP contribution >= 0.6 is 0 Å². The van der Waals surface area contributed by atoms with Gasteiger partial charge in [0.1, 0.15) is 0 Å². The molecule has 1 aliphatic heterocycles. The molecule has 1 aromatic carbocycles. The Bertz CT molecular complexity index is 522. The Morgan fingerprint density at radius 1 is 1.24 bits per heavy atom. The van der Waals surface area contributed by atoms with Gasteiger partial charge in [0.2, 0.25) is 10.0 Å². The van der Waals surface area contributed by atoms with Gasteiger partial charge >= 0.3 is 0 Å².